The molecule has 0 unspecified atom stereocenters. The highest BCUT2D eigenvalue weighted by Gasteiger charge is 2.66. The van der Waals surface area contributed by atoms with Crippen molar-refractivity contribution in [1.29, 1.82) is 0 Å². The minimum absolute atomic E-state index is 0.0371. The molecule has 5 heterocycles. The van der Waals surface area contributed by atoms with E-state index in [1.54, 1.807) is 54.3 Å². The minimum Gasteiger partial charge on any atom is -0.508 e. The van der Waals surface area contributed by atoms with E-state index >= 15 is 0 Å². The van der Waals surface area contributed by atoms with Crippen molar-refractivity contribution in [1.82, 2.24) is 23.7 Å². The van der Waals surface area contributed by atoms with Gasteiger partial charge < -0.3 is 5.11 Å². The van der Waals surface area contributed by atoms with Gasteiger partial charge in [0.1, 0.15) is 17.3 Å². The molecule has 1 N–H and O–H groups in total. The average molecular weight is 736 g/mol. The highest BCUT2D eigenvalue weighted by molar-refractivity contribution is 9.10. The first-order valence-corrected chi connectivity index (χ1v) is 17.0. The van der Waals surface area contributed by atoms with E-state index in [1.807, 2.05) is 31.2 Å². The van der Waals surface area contributed by atoms with Crippen molar-refractivity contribution in [3.8, 4) is 16.3 Å². The maximum absolute atomic E-state index is 14.8. The van der Waals surface area contributed by atoms with E-state index in [1.165, 1.54) is 21.3 Å². The van der Waals surface area contributed by atoms with Gasteiger partial charge in [-0.25, -0.2) is 28.4 Å². The molecule has 240 valence electrons. The number of hydrogen-bond donors (Lipinski definition) is 1. The molecule has 0 bridgehead atoms. The number of amides is 2. The van der Waals surface area contributed by atoms with Crippen molar-refractivity contribution in [3.05, 3.63) is 95.7 Å². The third-order valence-electron chi connectivity index (χ3n) is 10.2. The van der Waals surface area contributed by atoms with Crippen molar-refractivity contribution in [2.45, 2.75) is 38.8 Å². The quantitative estimate of drug-likeness (QED) is 0.199. The number of aromatic hydroxyl groups is 1. The molecule has 2 aromatic carbocycles. The molecule has 47 heavy (non-hydrogen) atoms. The number of carbonyl (C=O) groups excluding carboxylic acids is 2. The smallest absolute Gasteiger partial charge is 0.347 e. The molecule has 3 aromatic heterocycles. The Morgan fingerprint density at radius 3 is 2.60 bits per heavy atom. The van der Waals surface area contributed by atoms with Crippen LogP contribution in [0.3, 0.4) is 0 Å². The highest BCUT2D eigenvalue weighted by atomic mass is 79.9. The average Bonchev–Trinajstić information content (AvgIpc) is 3.70. The number of phenolic OH excluding ortho intramolecular Hbond substituents is 1. The van der Waals surface area contributed by atoms with Gasteiger partial charge in [0.05, 0.1) is 28.8 Å². The van der Waals surface area contributed by atoms with E-state index in [-0.39, 0.29) is 18.7 Å². The van der Waals surface area contributed by atoms with Gasteiger partial charge in [0.25, 0.3) is 0 Å². The number of benzene rings is 2. The molecule has 1 saturated carbocycles. The Balaban J connectivity index is 1.29. The summed E-state index contributed by atoms with van der Waals surface area (Å²) in [6, 6.07) is 11.8. The molecule has 3 aliphatic rings. The summed E-state index contributed by atoms with van der Waals surface area (Å²) < 4.78 is 7.08. The first-order valence-electron chi connectivity index (χ1n) is 15.0. The van der Waals surface area contributed by atoms with Crippen LogP contribution in [0, 0.1) is 18.3 Å². The maximum Gasteiger partial charge on any atom is 0.347 e. The molecule has 2 amide bonds. The predicted octanol–water partition coefficient (Wildman–Crippen LogP) is 5.26. The number of phenols is 1. The fourth-order valence-corrected chi connectivity index (χ4v) is 9.62. The van der Waals surface area contributed by atoms with Crippen molar-refractivity contribution in [3.63, 3.8) is 0 Å². The third kappa shape index (κ3) is 3.99. The molecular weight excluding hydrogens is 708 g/mol. The zero-order chi connectivity index (χ0) is 33.3. The van der Waals surface area contributed by atoms with E-state index in [4.69, 9.17) is 16.7 Å². The Morgan fingerprint density at radius 1 is 1.06 bits per heavy atom. The van der Waals surface area contributed by atoms with Gasteiger partial charge in [-0.3, -0.25) is 14.3 Å². The van der Waals surface area contributed by atoms with Gasteiger partial charge >= 0.3 is 11.4 Å². The number of halogens is 2. The van der Waals surface area contributed by atoms with Gasteiger partial charge in [0, 0.05) is 45.8 Å². The predicted molar refractivity (Wildman–Crippen MR) is 182 cm³/mol. The molecule has 2 fully saturated rings. The maximum atomic E-state index is 14.8. The summed E-state index contributed by atoms with van der Waals surface area (Å²) in [4.78, 5) is 57.9. The molecule has 1 aliphatic carbocycles. The number of thiophene rings is 1. The van der Waals surface area contributed by atoms with Crippen LogP contribution < -0.4 is 16.3 Å². The number of aryl methyl sites for hydroxylation is 2. The molecule has 0 radical (unpaired) electrons. The molecule has 1 saturated heterocycles. The first kappa shape index (κ1) is 30.2. The summed E-state index contributed by atoms with van der Waals surface area (Å²) in [5.41, 5.74) is 0.489. The molecule has 8 rings (SSSR count). The van der Waals surface area contributed by atoms with E-state index in [9.17, 15) is 24.3 Å². The molecule has 5 aromatic rings. The monoisotopic (exact) mass is 734 g/mol. The second kappa shape index (κ2) is 10.1. The molecule has 11 nitrogen and oxygen atoms in total. The SMILES string of the molecule is Cc1c(-c2cc(N3C(=O)[C@@H]4C[C@@H]5C(=CCn6c(=O)n(C)c(=O)n65)[C@H](c5cc(Br)ccc5O)[C@]4(C)C3=O)n(C)n2)sc2ccc(Cl)cc12. The lowest BCUT2D eigenvalue weighted by molar-refractivity contribution is -0.129. The number of rotatable bonds is 3. The summed E-state index contributed by atoms with van der Waals surface area (Å²) in [7, 11) is 3.12. The highest BCUT2D eigenvalue weighted by Crippen LogP contribution is 2.62. The summed E-state index contributed by atoms with van der Waals surface area (Å²) in [6.07, 6.45) is 1.98. The number of allylic oxidation sites excluding steroid dienone is 2. The number of carbonyl (C=O) groups is 2. The molecule has 2 aliphatic heterocycles. The third-order valence-corrected chi connectivity index (χ3v) is 12.3. The fraction of sp³-hybridized carbons (Fsp3) is 0.303. The number of imide groups is 1. The Morgan fingerprint density at radius 2 is 1.83 bits per heavy atom. The largest absolute Gasteiger partial charge is 0.508 e. The minimum atomic E-state index is -1.33. The number of anilines is 1. The zero-order valence-electron chi connectivity index (χ0n) is 25.7. The Hall–Kier alpha value is -4.20. The Labute approximate surface area is 285 Å². The van der Waals surface area contributed by atoms with E-state index < -0.39 is 46.5 Å². The van der Waals surface area contributed by atoms with Crippen LogP contribution >= 0.6 is 38.9 Å². The molecule has 14 heteroatoms. The topological polar surface area (TPSA) is 124 Å². The lowest BCUT2D eigenvalue weighted by atomic mass is 9.56. The molecule has 0 spiro atoms. The Bertz CT molecular complexity index is 2380. The first-order chi connectivity index (χ1) is 22.3. The van der Waals surface area contributed by atoms with Crippen LogP contribution in [0.2, 0.25) is 5.02 Å². The van der Waals surface area contributed by atoms with Gasteiger partial charge in [0.2, 0.25) is 11.8 Å². The van der Waals surface area contributed by atoms with Gasteiger partial charge in [-0.05, 0) is 73.2 Å². The normalized spacial score (nSPS) is 23.7. The Kier molecular flexibility index (Phi) is 6.51. The zero-order valence-corrected chi connectivity index (χ0v) is 28.9. The van der Waals surface area contributed by atoms with Gasteiger partial charge in [-0.1, -0.05) is 33.6 Å². The summed E-state index contributed by atoms with van der Waals surface area (Å²) in [6.45, 7) is 3.88. The van der Waals surface area contributed by atoms with Crippen LogP contribution in [0.25, 0.3) is 20.7 Å². The standard InChI is InChI=1S/C33H28BrClN6O5S/c1-15-19-12-17(35)6-8-25(19)47-28(15)22-14-26(38(4)36-22)40-29(43)21-13-23-18(9-10-39-31(45)37(3)32(46)41(23)39)27(33(21,2)30(40)44)20-11-16(34)5-7-24(20)42/h5-9,11-12,14,21,23,27,42H,10,13H2,1-4H3/t21-,23+,27+,33+/m0/s1. The van der Waals surface area contributed by atoms with Crippen molar-refractivity contribution in [2.75, 3.05) is 4.90 Å². The van der Waals surface area contributed by atoms with Crippen molar-refractivity contribution in [2.24, 2.45) is 25.4 Å². The van der Waals surface area contributed by atoms with Gasteiger partial charge in [-0.15, -0.1) is 11.3 Å². The van der Waals surface area contributed by atoms with Crippen LogP contribution in [0.15, 0.2) is 68.2 Å². The van der Waals surface area contributed by atoms with Crippen LogP contribution in [0.5, 0.6) is 5.75 Å². The van der Waals surface area contributed by atoms with Crippen LogP contribution in [0.4, 0.5) is 5.82 Å². The lowest BCUT2D eigenvalue weighted by Crippen LogP contribution is -2.49. The summed E-state index contributed by atoms with van der Waals surface area (Å²) in [5, 5.41) is 17.6. The number of aromatic nitrogens is 5. The molecular formula is C33H28BrClN6O5S. The number of hydrogen-bond acceptors (Lipinski definition) is 7. The van der Waals surface area contributed by atoms with Crippen LogP contribution in [-0.2, 0) is 30.2 Å². The summed E-state index contributed by atoms with van der Waals surface area (Å²) in [5.74, 6) is -2.21. The lowest BCUT2D eigenvalue weighted by Gasteiger charge is -2.47. The summed E-state index contributed by atoms with van der Waals surface area (Å²) >= 11 is 11.3. The van der Waals surface area contributed by atoms with Crippen LogP contribution in [0.1, 0.15) is 36.4 Å². The van der Waals surface area contributed by atoms with Gasteiger partial charge in [0.15, 0.2) is 0 Å². The molecule has 4 atom stereocenters. The van der Waals surface area contributed by atoms with Gasteiger partial charge in [-0.2, -0.15) is 5.10 Å². The second-order valence-corrected chi connectivity index (χ2v) is 15.1. The fourth-order valence-electron chi connectivity index (χ4n) is 7.92. The number of fused-ring (bicyclic) bond motifs is 5. The van der Waals surface area contributed by atoms with Crippen LogP contribution in [-0.4, -0.2) is 40.6 Å². The second-order valence-electron chi connectivity index (χ2n) is 12.7. The van der Waals surface area contributed by atoms with Crippen molar-refractivity contribution < 1.29 is 14.7 Å². The van der Waals surface area contributed by atoms with E-state index in [0.29, 0.717) is 32.1 Å². The van der Waals surface area contributed by atoms with Crippen molar-refractivity contribution >= 4 is 66.6 Å². The number of nitrogens with zero attached hydrogens (tertiary/aromatic N) is 6. The van der Waals surface area contributed by atoms with E-state index in [0.717, 1.165) is 25.1 Å². The van der Waals surface area contributed by atoms with E-state index in [2.05, 4.69) is 15.9 Å².